The van der Waals surface area contributed by atoms with Gasteiger partial charge in [0.05, 0.1) is 0 Å². The smallest absolute Gasteiger partial charge is 0.198 e. The fourth-order valence-corrected chi connectivity index (χ4v) is 1.27. The van der Waals surface area contributed by atoms with Gasteiger partial charge in [0.25, 0.3) is 9.24 Å². The van der Waals surface area contributed by atoms with Gasteiger partial charge in [-0.15, -0.1) is 0 Å². The van der Waals surface area contributed by atoms with Crippen molar-refractivity contribution in [2.75, 3.05) is 0 Å². The topological polar surface area (TPSA) is 46.2 Å². The number of hydrogen-bond acceptors (Lipinski definition) is 2. The van der Waals surface area contributed by atoms with Gasteiger partial charge in [-0.05, 0) is 5.56 Å². The van der Waals surface area contributed by atoms with Gasteiger partial charge in [0.2, 0.25) is 0 Å². The van der Waals surface area contributed by atoms with Gasteiger partial charge in [-0.1, -0.05) is 30.3 Å². The molecule has 66 valence electrons. The van der Waals surface area contributed by atoms with Crippen molar-refractivity contribution in [2.24, 2.45) is 0 Å². The van der Waals surface area contributed by atoms with Gasteiger partial charge >= 0.3 is 0 Å². The first kappa shape index (κ1) is 9.51. The van der Waals surface area contributed by atoms with Gasteiger partial charge in [-0.25, -0.2) is 0 Å². The van der Waals surface area contributed by atoms with E-state index in [1.54, 1.807) is 0 Å². The average Bonchev–Trinajstić information content (AvgIpc) is 2.02. The predicted octanol–water partition coefficient (Wildman–Crippen LogP) is 1.26. The normalized spacial score (nSPS) is 11.4. The molecule has 12 heavy (non-hydrogen) atoms. The second-order valence-electron chi connectivity index (χ2n) is 2.24. The van der Waals surface area contributed by atoms with Crippen LogP contribution in [0.4, 0.5) is 0 Å². The summed E-state index contributed by atoms with van der Waals surface area (Å²) >= 11 is 0. The van der Waals surface area contributed by atoms with Crippen LogP contribution in [0.25, 0.3) is 0 Å². The first-order chi connectivity index (χ1) is 5.58. The highest BCUT2D eigenvalue weighted by atomic mass is 35.7. The number of nitrogens with one attached hydrogen (secondary N) is 1. The SMILES string of the molecule is O=S(=O)(Cl)NCc1ccccc1. The van der Waals surface area contributed by atoms with Crippen LogP contribution >= 0.6 is 10.7 Å². The zero-order valence-corrected chi connectivity index (χ0v) is 7.77. The van der Waals surface area contributed by atoms with Crippen LogP contribution in [0.3, 0.4) is 0 Å². The van der Waals surface area contributed by atoms with Gasteiger partial charge < -0.3 is 0 Å². The number of benzene rings is 1. The zero-order chi connectivity index (χ0) is 9.03. The Morgan fingerprint density at radius 1 is 1.25 bits per heavy atom. The van der Waals surface area contributed by atoms with Crippen molar-refractivity contribution in [3.8, 4) is 0 Å². The fraction of sp³-hybridized carbons (Fsp3) is 0.143. The minimum atomic E-state index is -3.60. The molecule has 0 bridgehead atoms. The Morgan fingerprint density at radius 3 is 2.33 bits per heavy atom. The van der Waals surface area contributed by atoms with Crippen molar-refractivity contribution >= 4 is 19.9 Å². The second-order valence-corrected chi connectivity index (χ2v) is 4.63. The Morgan fingerprint density at radius 2 is 1.83 bits per heavy atom. The molecule has 0 radical (unpaired) electrons. The molecule has 0 aliphatic carbocycles. The maximum Gasteiger partial charge on any atom is 0.297 e. The van der Waals surface area contributed by atoms with Crippen LogP contribution < -0.4 is 4.72 Å². The Kier molecular flexibility index (Phi) is 3.08. The third-order valence-corrected chi connectivity index (χ3v) is 2.11. The van der Waals surface area contributed by atoms with Gasteiger partial charge in [0.15, 0.2) is 0 Å². The third-order valence-electron chi connectivity index (χ3n) is 1.29. The average molecular weight is 206 g/mol. The van der Waals surface area contributed by atoms with Crippen LogP contribution in [0.15, 0.2) is 30.3 Å². The largest absolute Gasteiger partial charge is 0.297 e. The summed E-state index contributed by atoms with van der Waals surface area (Å²) in [5.74, 6) is 0. The molecule has 0 aliphatic rings. The summed E-state index contributed by atoms with van der Waals surface area (Å²) in [5, 5.41) is 0. The van der Waals surface area contributed by atoms with E-state index in [1.165, 1.54) is 0 Å². The molecule has 0 aliphatic heterocycles. The molecule has 0 unspecified atom stereocenters. The van der Waals surface area contributed by atoms with E-state index in [9.17, 15) is 8.42 Å². The van der Waals surface area contributed by atoms with Crippen molar-refractivity contribution < 1.29 is 8.42 Å². The van der Waals surface area contributed by atoms with Crippen LogP contribution in [0.1, 0.15) is 5.56 Å². The standard InChI is InChI=1S/C7H8ClNO2S/c8-12(10,11)9-6-7-4-2-1-3-5-7/h1-5,9H,6H2. The molecular formula is C7H8ClNO2S. The molecule has 0 saturated heterocycles. The van der Waals surface area contributed by atoms with Crippen LogP contribution in [0.2, 0.25) is 0 Å². The van der Waals surface area contributed by atoms with E-state index in [1.807, 2.05) is 30.3 Å². The molecule has 5 heteroatoms. The van der Waals surface area contributed by atoms with Crippen molar-refractivity contribution in [2.45, 2.75) is 6.54 Å². The van der Waals surface area contributed by atoms with Crippen LogP contribution in [-0.4, -0.2) is 8.42 Å². The van der Waals surface area contributed by atoms with Gasteiger partial charge in [-0.2, -0.15) is 13.1 Å². The van der Waals surface area contributed by atoms with Crippen LogP contribution in [0, 0.1) is 0 Å². The van der Waals surface area contributed by atoms with E-state index >= 15 is 0 Å². The lowest BCUT2D eigenvalue weighted by atomic mass is 10.2. The third kappa shape index (κ3) is 3.71. The molecule has 0 atom stereocenters. The van der Waals surface area contributed by atoms with Gasteiger partial charge in [0, 0.05) is 17.2 Å². The monoisotopic (exact) mass is 205 g/mol. The van der Waals surface area contributed by atoms with Crippen molar-refractivity contribution in [1.82, 2.24) is 4.72 Å². The summed E-state index contributed by atoms with van der Waals surface area (Å²) < 4.78 is 23.1. The minimum Gasteiger partial charge on any atom is -0.198 e. The molecule has 0 spiro atoms. The molecule has 0 saturated carbocycles. The highest BCUT2D eigenvalue weighted by Crippen LogP contribution is 1.99. The molecule has 1 aromatic carbocycles. The maximum absolute atomic E-state index is 10.5. The Labute approximate surface area is 75.9 Å². The van der Waals surface area contributed by atoms with Crippen molar-refractivity contribution in [3.05, 3.63) is 35.9 Å². The lowest BCUT2D eigenvalue weighted by Gasteiger charge is -1.99. The summed E-state index contributed by atoms with van der Waals surface area (Å²) in [4.78, 5) is 0. The Balaban J connectivity index is 2.56. The first-order valence-corrected chi connectivity index (χ1v) is 5.62. The van der Waals surface area contributed by atoms with E-state index < -0.39 is 9.24 Å². The number of halogens is 1. The first-order valence-electron chi connectivity index (χ1n) is 3.31. The van der Waals surface area contributed by atoms with Gasteiger partial charge in [0.1, 0.15) is 0 Å². The fourth-order valence-electron chi connectivity index (χ4n) is 0.765. The van der Waals surface area contributed by atoms with Crippen LogP contribution in [-0.2, 0) is 15.8 Å². The Hall–Kier alpha value is -0.580. The molecule has 3 nitrogen and oxygen atoms in total. The summed E-state index contributed by atoms with van der Waals surface area (Å²) in [6.07, 6.45) is 0. The summed E-state index contributed by atoms with van der Waals surface area (Å²) in [7, 11) is 1.34. The summed E-state index contributed by atoms with van der Waals surface area (Å²) in [5.41, 5.74) is 0.877. The van der Waals surface area contributed by atoms with Crippen molar-refractivity contribution in [3.63, 3.8) is 0 Å². The summed E-state index contributed by atoms with van der Waals surface area (Å²) in [6, 6.07) is 9.15. The van der Waals surface area contributed by atoms with E-state index in [2.05, 4.69) is 4.72 Å². The second kappa shape index (κ2) is 3.89. The summed E-state index contributed by atoms with van der Waals surface area (Å²) in [6.45, 7) is 0.229. The van der Waals surface area contributed by atoms with Gasteiger partial charge in [-0.3, -0.25) is 0 Å². The molecule has 0 fully saturated rings. The number of rotatable bonds is 3. The van der Waals surface area contributed by atoms with Crippen molar-refractivity contribution in [1.29, 1.82) is 0 Å². The molecular weight excluding hydrogens is 198 g/mol. The maximum atomic E-state index is 10.5. The van der Waals surface area contributed by atoms with E-state index in [0.29, 0.717) is 0 Å². The molecule has 0 aromatic heterocycles. The van der Waals surface area contributed by atoms with Crippen LogP contribution in [0.5, 0.6) is 0 Å². The molecule has 1 aromatic rings. The molecule has 0 heterocycles. The molecule has 1 N–H and O–H groups in total. The lowest BCUT2D eigenvalue weighted by Crippen LogP contribution is -2.17. The number of hydrogen-bond donors (Lipinski definition) is 1. The zero-order valence-electron chi connectivity index (χ0n) is 6.20. The lowest BCUT2D eigenvalue weighted by molar-refractivity contribution is 0.596. The Bertz CT molecular complexity index is 336. The highest BCUT2D eigenvalue weighted by Gasteiger charge is 2.01. The van der Waals surface area contributed by atoms with E-state index in [4.69, 9.17) is 10.7 Å². The quantitative estimate of drug-likeness (QED) is 0.756. The highest BCUT2D eigenvalue weighted by molar-refractivity contribution is 8.12. The predicted molar refractivity (Wildman–Crippen MR) is 48.1 cm³/mol. The van der Waals surface area contributed by atoms with E-state index in [-0.39, 0.29) is 6.54 Å². The molecule has 0 amide bonds. The minimum absolute atomic E-state index is 0.229. The van der Waals surface area contributed by atoms with E-state index in [0.717, 1.165) is 5.56 Å². The molecule has 1 rings (SSSR count).